The Morgan fingerprint density at radius 2 is 1.60 bits per heavy atom. The van der Waals surface area contributed by atoms with E-state index in [1.807, 2.05) is 0 Å². The van der Waals surface area contributed by atoms with Crippen LogP contribution in [0.25, 0.3) is 0 Å². The van der Waals surface area contributed by atoms with E-state index >= 15 is 0 Å². The molecule has 0 atom stereocenters. The third kappa shape index (κ3) is 2.73. The van der Waals surface area contributed by atoms with Gasteiger partial charge in [0.15, 0.2) is 0 Å². The maximum atomic E-state index is 10.9. The fraction of sp³-hybridized carbons (Fsp3) is 0. The molecule has 0 bridgehead atoms. The molecule has 0 spiro atoms. The van der Waals surface area contributed by atoms with Gasteiger partial charge < -0.3 is 0 Å². The Kier molecular flexibility index (Phi) is 3.11. The minimum Gasteiger partial charge on any atom is -0.282 e. The molecule has 7 nitrogen and oxygen atoms in total. The van der Waals surface area contributed by atoms with Gasteiger partial charge in [-0.2, -0.15) is 16.8 Å². The molecule has 9 heteroatoms. The lowest BCUT2D eigenvalue weighted by Crippen LogP contribution is -2.05. The second-order valence-electron chi connectivity index (χ2n) is 2.48. The first-order valence-electron chi connectivity index (χ1n) is 3.43. The third-order valence-electron chi connectivity index (χ3n) is 1.49. The maximum Gasteiger partial charge on any atom is 0.323 e. The van der Waals surface area contributed by atoms with Crippen molar-refractivity contribution in [2.24, 2.45) is 0 Å². The van der Waals surface area contributed by atoms with Gasteiger partial charge in [0, 0.05) is 0 Å². The maximum absolute atomic E-state index is 10.9. The molecule has 1 aromatic carbocycles. The highest BCUT2D eigenvalue weighted by Gasteiger charge is 2.18. The predicted molar refractivity (Wildman–Crippen MR) is 47.2 cm³/mol. The van der Waals surface area contributed by atoms with Crippen LogP contribution in [0.4, 0.5) is 0 Å². The fourth-order valence-electron chi connectivity index (χ4n) is 0.833. The quantitative estimate of drug-likeness (QED) is 0.446. The van der Waals surface area contributed by atoms with Gasteiger partial charge in [0.05, 0.1) is 9.79 Å². The van der Waals surface area contributed by atoms with Crippen LogP contribution in [-0.4, -0.2) is 26.6 Å². The van der Waals surface area contributed by atoms with Crippen LogP contribution in [0, 0.1) is 0 Å². The van der Waals surface area contributed by atoms with E-state index in [1.54, 1.807) is 0 Å². The highest BCUT2D eigenvalue weighted by Crippen LogP contribution is 2.16. The van der Waals surface area contributed by atoms with Gasteiger partial charge in [0.1, 0.15) is 0 Å². The van der Waals surface area contributed by atoms with Gasteiger partial charge in [-0.3, -0.25) is 4.55 Å². The van der Waals surface area contributed by atoms with Crippen LogP contribution < -0.4 is 0 Å². The summed E-state index contributed by atoms with van der Waals surface area (Å²) in [6.07, 6.45) is 0. The smallest absolute Gasteiger partial charge is 0.282 e. The topological polar surface area (TPSA) is 118 Å². The number of hydrogen-bond acceptors (Lipinski definition) is 6. The molecule has 0 aliphatic heterocycles. The van der Waals surface area contributed by atoms with E-state index in [0.717, 1.165) is 18.2 Å². The molecule has 1 aromatic rings. The van der Waals surface area contributed by atoms with Crippen molar-refractivity contribution >= 4 is 20.2 Å². The van der Waals surface area contributed by atoms with Crippen LogP contribution in [0.5, 0.6) is 0 Å². The molecule has 0 aromatic heterocycles. The van der Waals surface area contributed by atoms with Crippen LogP contribution in [0.3, 0.4) is 0 Å². The van der Waals surface area contributed by atoms with Gasteiger partial charge in [-0.25, -0.2) is 5.26 Å². The van der Waals surface area contributed by atoms with Crippen molar-refractivity contribution in [1.82, 2.24) is 0 Å². The average Bonchev–Trinajstić information content (AvgIpc) is 2.17. The second kappa shape index (κ2) is 3.87. The van der Waals surface area contributed by atoms with Crippen LogP contribution in [0.15, 0.2) is 34.1 Å². The van der Waals surface area contributed by atoms with Gasteiger partial charge in [0.2, 0.25) is 0 Å². The number of rotatable bonds is 3. The summed E-state index contributed by atoms with van der Waals surface area (Å²) in [5.74, 6) is 0. The first-order valence-corrected chi connectivity index (χ1v) is 6.28. The molecule has 15 heavy (non-hydrogen) atoms. The summed E-state index contributed by atoms with van der Waals surface area (Å²) in [4.78, 5) is -1.19. The highest BCUT2D eigenvalue weighted by molar-refractivity contribution is 7.87. The van der Waals surface area contributed by atoms with Crippen LogP contribution >= 0.6 is 0 Å². The van der Waals surface area contributed by atoms with Gasteiger partial charge in [-0.05, 0) is 18.2 Å². The zero-order valence-electron chi connectivity index (χ0n) is 7.06. The van der Waals surface area contributed by atoms with E-state index in [4.69, 9.17) is 9.81 Å². The largest absolute Gasteiger partial charge is 0.323 e. The molecular formula is C6H6O7S2. The molecule has 0 aliphatic carbocycles. The SMILES string of the molecule is O=S(=O)(O)c1cccc(S(=O)(=O)OO)c1. The Morgan fingerprint density at radius 1 is 1.07 bits per heavy atom. The molecule has 0 unspecified atom stereocenters. The minimum absolute atomic E-state index is 0.583. The molecule has 0 saturated heterocycles. The van der Waals surface area contributed by atoms with Crippen molar-refractivity contribution in [1.29, 1.82) is 0 Å². The lowest BCUT2D eigenvalue weighted by atomic mass is 10.4. The molecule has 1 rings (SSSR count). The van der Waals surface area contributed by atoms with Gasteiger partial charge >= 0.3 is 10.1 Å². The second-order valence-corrected chi connectivity index (χ2v) is 5.43. The molecule has 84 valence electrons. The first kappa shape index (κ1) is 12.1. The molecule has 0 fully saturated rings. The van der Waals surface area contributed by atoms with E-state index in [1.165, 1.54) is 0 Å². The first-order chi connectivity index (χ1) is 6.77. The molecule has 0 heterocycles. The standard InChI is InChI=1S/C6H6O7S2/c7-13-15(11,12)6-3-1-2-5(4-6)14(8,9)10/h1-4,7H,(H,8,9,10). The number of benzene rings is 1. The molecule has 0 amide bonds. The molecule has 0 saturated carbocycles. The van der Waals surface area contributed by atoms with Crippen LogP contribution in [0.2, 0.25) is 0 Å². The Labute approximate surface area is 85.7 Å². The van der Waals surface area contributed by atoms with E-state index in [-0.39, 0.29) is 0 Å². The van der Waals surface area contributed by atoms with Crippen molar-refractivity contribution in [3.05, 3.63) is 24.3 Å². The van der Waals surface area contributed by atoms with Crippen molar-refractivity contribution in [3.63, 3.8) is 0 Å². The van der Waals surface area contributed by atoms with Crippen LogP contribution in [0.1, 0.15) is 0 Å². The summed E-state index contributed by atoms with van der Waals surface area (Å²) >= 11 is 0. The van der Waals surface area contributed by atoms with Crippen molar-refractivity contribution in [2.45, 2.75) is 9.79 Å². The van der Waals surface area contributed by atoms with E-state index in [9.17, 15) is 16.8 Å². The minimum atomic E-state index is -4.50. The zero-order valence-corrected chi connectivity index (χ0v) is 8.69. The summed E-state index contributed by atoms with van der Waals surface area (Å²) in [6.45, 7) is 0. The predicted octanol–water partition coefficient (Wildman–Crippen LogP) is 0.112. The summed E-state index contributed by atoms with van der Waals surface area (Å²) in [7, 11) is -8.90. The highest BCUT2D eigenvalue weighted by atomic mass is 32.2. The van der Waals surface area contributed by atoms with Gasteiger partial charge in [-0.15, -0.1) is 4.33 Å². The summed E-state index contributed by atoms with van der Waals surface area (Å²) in [5, 5.41) is 8.04. The van der Waals surface area contributed by atoms with Crippen molar-refractivity contribution < 1.29 is 31.0 Å². The molecule has 0 radical (unpaired) electrons. The Hall–Kier alpha value is -1.00. The van der Waals surface area contributed by atoms with Gasteiger partial charge in [-0.1, -0.05) is 6.07 Å². The number of hydrogen-bond donors (Lipinski definition) is 2. The Bertz CT molecular complexity index is 557. The van der Waals surface area contributed by atoms with Gasteiger partial charge in [0.25, 0.3) is 10.1 Å². The fourth-order valence-corrected chi connectivity index (χ4v) is 2.04. The summed E-state index contributed by atoms with van der Waals surface area (Å²) < 4.78 is 55.0. The molecular weight excluding hydrogens is 248 g/mol. The van der Waals surface area contributed by atoms with Crippen molar-refractivity contribution in [2.75, 3.05) is 0 Å². The monoisotopic (exact) mass is 254 g/mol. The third-order valence-corrected chi connectivity index (χ3v) is 3.37. The van der Waals surface area contributed by atoms with E-state index in [2.05, 4.69) is 4.33 Å². The van der Waals surface area contributed by atoms with Crippen molar-refractivity contribution in [3.8, 4) is 0 Å². The van der Waals surface area contributed by atoms with Crippen LogP contribution in [-0.2, 0) is 24.6 Å². The molecule has 0 aliphatic rings. The normalized spacial score (nSPS) is 12.7. The summed E-state index contributed by atoms with van der Waals surface area (Å²) in [5.41, 5.74) is 0. The molecule has 2 N–H and O–H groups in total. The lowest BCUT2D eigenvalue weighted by Gasteiger charge is -2.01. The van der Waals surface area contributed by atoms with E-state index in [0.29, 0.717) is 6.07 Å². The lowest BCUT2D eigenvalue weighted by molar-refractivity contribution is -0.130. The average molecular weight is 254 g/mol. The van der Waals surface area contributed by atoms with E-state index < -0.39 is 30.0 Å². The Balaban J connectivity index is 3.39. The zero-order chi connectivity index (χ0) is 11.7. The Morgan fingerprint density at radius 3 is 2.07 bits per heavy atom. The summed E-state index contributed by atoms with van der Waals surface area (Å²) in [6, 6.07) is 3.72.